The molecule has 0 radical (unpaired) electrons. The number of hydrogen-bond acceptors (Lipinski definition) is 2. The van der Waals surface area contributed by atoms with E-state index in [0.717, 1.165) is 51.7 Å². The van der Waals surface area contributed by atoms with E-state index in [-0.39, 0.29) is 5.41 Å². The number of nitrogens with zero attached hydrogens (tertiary/aromatic N) is 2. The smallest absolute Gasteiger partial charge is 0.0462 e. The number of para-hydroxylation sites is 1. The first-order valence-corrected chi connectivity index (χ1v) is 24.3. The lowest BCUT2D eigenvalue weighted by molar-refractivity contribution is 0.312. The molecule has 10 rings (SSSR count). The molecule has 69 heavy (non-hydrogen) atoms. The Labute approximate surface area is 409 Å². The highest BCUT2D eigenvalue weighted by molar-refractivity contribution is 5.83. The standard InChI is InChI=1S/C67H58N2/c1-5-66(67(2,3)4)59-27-25-53(26-28-59)51-21-23-52(24-22-51)56-33-43-61(44-34-56)68(60-19-13-8-14-20-60)62-45-35-57(36-46-62)58-37-47-65(48-38-58)69(63-39-29-54(30-40-63)49-15-9-6-10-16-49)64-41-31-55(32-42-64)50-17-11-7-12-18-50/h6-48,66H,5H2,1-4H3. The number of hydrogen-bond donors (Lipinski definition) is 0. The van der Waals surface area contributed by atoms with Gasteiger partial charge in [0.15, 0.2) is 0 Å². The van der Waals surface area contributed by atoms with Crippen LogP contribution in [0.5, 0.6) is 0 Å². The molecule has 2 heteroatoms. The highest BCUT2D eigenvalue weighted by Gasteiger charge is 2.24. The summed E-state index contributed by atoms with van der Waals surface area (Å²) in [4.78, 5) is 4.67. The Morgan fingerprint density at radius 1 is 0.261 bits per heavy atom. The van der Waals surface area contributed by atoms with E-state index >= 15 is 0 Å². The molecule has 0 saturated heterocycles. The normalized spacial score (nSPS) is 11.8. The highest BCUT2D eigenvalue weighted by atomic mass is 15.1. The molecular weight excluding hydrogens is 833 g/mol. The molecule has 0 amide bonds. The van der Waals surface area contributed by atoms with Crippen molar-refractivity contribution >= 4 is 34.1 Å². The maximum absolute atomic E-state index is 2.34. The van der Waals surface area contributed by atoms with Gasteiger partial charge in [-0.1, -0.05) is 216 Å². The fourth-order valence-corrected chi connectivity index (χ4v) is 9.86. The van der Waals surface area contributed by atoms with Crippen molar-refractivity contribution in [3.63, 3.8) is 0 Å². The average molecular weight is 891 g/mol. The zero-order valence-corrected chi connectivity index (χ0v) is 40.0. The van der Waals surface area contributed by atoms with Gasteiger partial charge in [-0.2, -0.15) is 0 Å². The molecule has 0 spiro atoms. The average Bonchev–Trinajstić information content (AvgIpc) is 3.41. The van der Waals surface area contributed by atoms with Crippen molar-refractivity contribution in [2.75, 3.05) is 9.80 Å². The minimum Gasteiger partial charge on any atom is -0.311 e. The molecule has 0 fully saturated rings. The highest BCUT2D eigenvalue weighted by Crippen LogP contribution is 2.41. The van der Waals surface area contributed by atoms with Gasteiger partial charge in [-0.15, -0.1) is 0 Å². The molecule has 0 bridgehead atoms. The summed E-state index contributed by atoms with van der Waals surface area (Å²) in [5, 5.41) is 0. The van der Waals surface area contributed by atoms with Gasteiger partial charge >= 0.3 is 0 Å². The quantitative estimate of drug-likeness (QED) is 0.114. The zero-order chi connectivity index (χ0) is 47.2. The largest absolute Gasteiger partial charge is 0.311 e. The fraction of sp³-hybridized carbons (Fsp3) is 0.104. The van der Waals surface area contributed by atoms with Crippen LogP contribution in [0.4, 0.5) is 34.1 Å². The first-order valence-electron chi connectivity index (χ1n) is 24.3. The fourth-order valence-electron chi connectivity index (χ4n) is 9.86. The summed E-state index contributed by atoms with van der Waals surface area (Å²) < 4.78 is 0. The molecule has 10 aromatic carbocycles. The molecule has 1 atom stereocenters. The van der Waals surface area contributed by atoms with Crippen molar-refractivity contribution < 1.29 is 0 Å². The Bertz CT molecular complexity index is 3110. The summed E-state index contributed by atoms with van der Waals surface area (Å²) in [5.74, 6) is 0.544. The maximum Gasteiger partial charge on any atom is 0.0462 e. The van der Waals surface area contributed by atoms with Crippen LogP contribution in [0.25, 0.3) is 55.6 Å². The molecule has 10 aromatic rings. The van der Waals surface area contributed by atoms with E-state index in [1.165, 1.54) is 50.1 Å². The molecule has 0 aliphatic carbocycles. The van der Waals surface area contributed by atoms with Crippen LogP contribution in [-0.2, 0) is 0 Å². The minimum atomic E-state index is 0.242. The molecular formula is C67H58N2. The minimum absolute atomic E-state index is 0.242. The lowest BCUT2D eigenvalue weighted by Gasteiger charge is -2.30. The second-order valence-electron chi connectivity index (χ2n) is 19.0. The van der Waals surface area contributed by atoms with Gasteiger partial charge in [-0.25, -0.2) is 0 Å². The van der Waals surface area contributed by atoms with Crippen LogP contribution in [0, 0.1) is 5.41 Å². The van der Waals surface area contributed by atoms with E-state index in [9.17, 15) is 0 Å². The third-order valence-electron chi connectivity index (χ3n) is 13.5. The summed E-state index contributed by atoms with van der Waals surface area (Å²) in [6.45, 7) is 9.31. The van der Waals surface area contributed by atoms with Crippen molar-refractivity contribution in [1.82, 2.24) is 0 Å². The van der Waals surface area contributed by atoms with E-state index in [1.807, 2.05) is 0 Å². The van der Waals surface area contributed by atoms with Crippen LogP contribution in [-0.4, -0.2) is 0 Å². The maximum atomic E-state index is 2.34. The van der Waals surface area contributed by atoms with Gasteiger partial charge in [0.05, 0.1) is 0 Å². The van der Waals surface area contributed by atoms with Crippen molar-refractivity contribution in [2.24, 2.45) is 5.41 Å². The van der Waals surface area contributed by atoms with Crippen LogP contribution in [0.1, 0.15) is 45.6 Å². The van der Waals surface area contributed by atoms with Crippen LogP contribution in [0.2, 0.25) is 0 Å². The predicted octanol–water partition coefficient (Wildman–Crippen LogP) is 19.5. The molecule has 0 aromatic heterocycles. The Morgan fingerprint density at radius 3 is 0.710 bits per heavy atom. The Morgan fingerprint density at radius 2 is 0.464 bits per heavy atom. The van der Waals surface area contributed by atoms with Gasteiger partial charge in [-0.05, 0) is 152 Å². The second-order valence-corrected chi connectivity index (χ2v) is 19.0. The Balaban J connectivity index is 0.888. The van der Waals surface area contributed by atoms with E-state index in [2.05, 4.69) is 298 Å². The van der Waals surface area contributed by atoms with Crippen LogP contribution >= 0.6 is 0 Å². The number of benzene rings is 10. The van der Waals surface area contributed by atoms with Gasteiger partial charge < -0.3 is 9.80 Å². The van der Waals surface area contributed by atoms with Crippen molar-refractivity contribution in [3.8, 4) is 55.6 Å². The third-order valence-corrected chi connectivity index (χ3v) is 13.5. The van der Waals surface area contributed by atoms with E-state index < -0.39 is 0 Å². The van der Waals surface area contributed by atoms with Crippen LogP contribution in [0.3, 0.4) is 0 Å². The van der Waals surface area contributed by atoms with Gasteiger partial charge in [0, 0.05) is 34.1 Å². The van der Waals surface area contributed by atoms with E-state index in [1.54, 1.807) is 0 Å². The molecule has 0 aliphatic rings. The summed E-state index contributed by atoms with van der Waals surface area (Å²) in [7, 11) is 0. The van der Waals surface area contributed by atoms with E-state index in [4.69, 9.17) is 0 Å². The van der Waals surface area contributed by atoms with Crippen molar-refractivity contribution in [2.45, 2.75) is 40.0 Å². The van der Waals surface area contributed by atoms with Gasteiger partial charge in [0.1, 0.15) is 0 Å². The second kappa shape index (κ2) is 20.0. The first kappa shape index (κ1) is 44.6. The lowest BCUT2D eigenvalue weighted by Crippen LogP contribution is -2.17. The lowest BCUT2D eigenvalue weighted by atomic mass is 9.75. The van der Waals surface area contributed by atoms with Gasteiger partial charge in [0.25, 0.3) is 0 Å². The van der Waals surface area contributed by atoms with Gasteiger partial charge in [0.2, 0.25) is 0 Å². The molecule has 0 aliphatic heterocycles. The summed E-state index contributed by atoms with van der Waals surface area (Å²) in [6, 6.07) is 94.5. The summed E-state index contributed by atoms with van der Waals surface area (Å²) in [5.41, 5.74) is 20.3. The molecule has 0 saturated carbocycles. The van der Waals surface area contributed by atoms with Crippen LogP contribution < -0.4 is 9.80 Å². The molecule has 0 N–H and O–H groups in total. The predicted molar refractivity (Wildman–Crippen MR) is 295 cm³/mol. The van der Waals surface area contributed by atoms with Gasteiger partial charge in [-0.3, -0.25) is 0 Å². The van der Waals surface area contributed by atoms with E-state index in [0.29, 0.717) is 5.92 Å². The van der Waals surface area contributed by atoms with Crippen LogP contribution in [0.15, 0.2) is 261 Å². The third kappa shape index (κ3) is 9.94. The SMILES string of the molecule is CCC(c1ccc(-c2ccc(-c3ccc(N(c4ccccc4)c4ccc(-c5ccc(N(c6ccc(-c7ccccc7)cc6)c6ccc(-c7ccccc7)cc6)cc5)cc4)cc3)cc2)cc1)C(C)(C)C. The Hall–Kier alpha value is -8.20. The molecule has 336 valence electrons. The summed E-state index contributed by atoms with van der Waals surface area (Å²) >= 11 is 0. The molecule has 2 nitrogen and oxygen atoms in total. The Kier molecular flexibility index (Phi) is 12.9. The summed E-state index contributed by atoms with van der Waals surface area (Å²) in [6.07, 6.45) is 1.14. The monoisotopic (exact) mass is 890 g/mol. The first-order chi connectivity index (χ1) is 33.8. The van der Waals surface area contributed by atoms with Crippen molar-refractivity contribution in [1.29, 1.82) is 0 Å². The topological polar surface area (TPSA) is 6.48 Å². The zero-order valence-electron chi connectivity index (χ0n) is 40.0. The van der Waals surface area contributed by atoms with Crippen molar-refractivity contribution in [3.05, 3.63) is 266 Å². The molecule has 0 heterocycles. The number of rotatable bonds is 13. The number of anilines is 6. The molecule has 1 unspecified atom stereocenters.